The highest BCUT2D eigenvalue weighted by molar-refractivity contribution is 14.1. The van der Waals surface area contributed by atoms with Gasteiger partial charge < -0.3 is 10.4 Å². The molecule has 0 bridgehead atoms. The van der Waals surface area contributed by atoms with E-state index in [1.165, 1.54) is 0 Å². The lowest BCUT2D eigenvalue weighted by atomic mass is 10.0. The lowest BCUT2D eigenvalue weighted by Gasteiger charge is -2.12. The normalized spacial score (nSPS) is 22.2. The number of benzene rings is 1. The zero-order valence-corrected chi connectivity index (χ0v) is 13.8. The molecule has 1 saturated carbocycles. The highest BCUT2D eigenvalue weighted by Gasteiger charge is 2.33. The van der Waals surface area contributed by atoms with Crippen LogP contribution in [0, 0.1) is 15.4 Å². The Balaban J connectivity index is 2.00. The van der Waals surface area contributed by atoms with Gasteiger partial charge >= 0.3 is 5.97 Å². The Morgan fingerprint density at radius 1 is 1.32 bits per heavy atom. The first kappa shape index (κ1) is 14.8. The highest BCUT2D eigenvalue weighted by Crippen LogP contribution is 2.33. The molecule has 1 aromatic rings. The van der Waals surface area contributed by atoms with Crippen molar-refractivity contribution in [2.45, 2.75) is 19.3 Å². The minimum absolute atomic E-state index is 0.0920. The zero-order chi connectivity index (χ0) is 14.0. The van der Waals surface area contributed by atoms with E-state index in [2.05, 4.69) is 43.8 Å². The number of carboxylic acids is 1. The molecule has 0 radical (unpaired) electrons. The number of nitrogens with one attached hydrogen (secondary N) is 1. The van der Waals surface area contributed by atoms with Crippen LogP contribution in [0.4, 0.5) is 5.69 Å². The largest absolute Gasteiger partial charge is 0.481 e. The quantitative estimate of drug-likeness (QED) is 0.711. The fourth-order valence-electron chi connectivity index (χ4n) is 2.27. The van der Waals surface area contributed by atoms with Crippen molar-refractivity contribution >= 4 is 56.1 Å². The van der Waals surface area contributed by atoms with E-state index in [-0.39, 0.29) is 17.7 Å². The summed E-state index contributed by atoms with van der Waals surface area (Å²) in [5, 5.41) is 11.8. The molecule has 19 heavy (non-hydrogen) atoms. The lowest BCUT2D eigenvalue weighted by molar-refractivity contribution is -0.141. The number of carbonyl (C=O) groups excluding carboxylic acids is 1. The molecule has 1 amide bonds. The van der Waals surface area contributed by atoms with Crippen LogP contribution in [0.5, 0.6) is 0 Å². The van der Waals surface area contributed by atoms with Gasteiger partial charge in [0.1, 0.15) is 0 Å². The summed E-state index contributed by atoms with van der Waals surface area (Å²) in [5.74, 6) is -1.47. The van der Waals surface area contributed by atoms with Crippen LogP contribution in [-0.2, 0) is 9.59 Å². The monoisotopic (exact) mass is 437 g/mol. The topological polar surface area (TPSA) is 66.4 Å². The molecule has 2 N–H and O–H groups in total. The molecule has 0 aromatic heterocycles. The van der Waals surface area contributed by atoms with Gasteiger partial charge in [-0.3, -0.25) is 9.59 Å². The Bertz CT molecular complexity index is 521. The number of anilines is 1. The minimum atomic E-state index is -0.800. The van der Waals surface area contributed by atoms with E-state index in [9.17, 15) is 9.59 Å². The SMILES string of the molecule is O=C(O)[C@H]1CC[C@@H](C(=O)Nc2ccc(I)cc2Br)C1. The summed E-state index contributed by atoms with van der Waals surface area (Å²) in [6.45, 7) is 0. The Labute approximate surface area is 133 Å². The first-order chi connectivity index (χ1) is 8.97. The molecule has 6 heteroatoms. The summed E-state index contributed by atoms with van der Waals surface area (Å²) in [6, 6.07) is 5.67. The smallest absolute Gasteiger partial charge is 0.306 e. The maximum atomic E-state index is 12.1. The molecule has 0 spiro atoms. The van der Waals surface area contributed by atoms with Crippen LogP contribution in [0.25, 0.3) is 0 Å². The van der Waals surface area contributed by atoms with Crippen LogP contribution in [0.15, 0.2) is 22.7 Å². The molecular weight excluding hydrogens is 425 g/mol. The van der Waals surface area contributed by atoms with E-state index in [0.29, 0.717) is 19.3 Å². The molecule has 1 aromatic carbocycles. The number of carboxylic acid groups (broad SMARTS) is 1. The van der Waals surface area contributed by atoms with Gasteiger partial charge in [-0.2, -0.15) is 0 Å². The molecule has 4 nitrogen and oxygen atoms in total. The van der Waals surface area contributed by atoms with Gasteiger partial charge in [0.25, 0.3) is 0 Å². The van der Waals surface area contributed by atoms with E-state index in [0.717, 1.165) is 13.7 Å². The van der Waals surface area contributed by atoms with Gasteiger partial charge in [0, 0.05) is 14.0 Å². The van der Waals surface area contributed by atoms with Gasteiger partial charge in [-0.05, 0) is 76.0 Å². The third-order valence-corrected chi connectivity index (χ3v) is 4.67. The van der Waals surface area contributed by atoms with Gasteiger partial charge in [-0.1, -0.05) is 0 Å². The second-order valence-corrected chi connectivity index (χ2v) is 6.76. The fraction of sp³-hybridized carbons (Fsp3) is 0.385. The van der Waals surface area contributed by atoms with Crippen molar-refractivity contribution in [3.63, 3.8) is 0 Å². The maximum Gasteiger partial charge on any atom is 0.306 e. The van der Waals surface area contributed by atoms with Crippen LogP contribution in [0.3, 0.4) is 0 Å². The Hall–Kier alpha value is -0.630. The van der Waals surface area contributed by atoms with Crippen molar-refractivity contribution in [1.82, 2.24) is 0 Å². The molecule has 102 valence electrons. The lowest BCUT2D eigenvalue weighted by Crippen LogP contribution is -2.21. The van der Waals surface area contributed by atoms with Crippen LogP contribution in [0.1, 0.15) is 19.3 Å². The fourth-order valence-corrected chi connectivity index (χ4v) is 3.67. The summed E-state index contributed by atoms with van der Waals surface area (Å²) in [6.07, 6.45) is 1.66. The van der Waals surface area contributed by atoms with E-state index >= 15 is 0 Å². The summed E-state index contributed by atoms with van der Waals surface area (Å²) >= 11 is 5.60. The zero-order valence-electron chi connectivity index (χ0n) is 10.0. The molecule has 0 aliphatic heterocycles. The average molecular weight is 438 g/mol. The van der Waals surface area contributed by atoms with E-state index in [1.807, 2.05) is 18.2 Å². The molecule has 0 saturated heterocycles. The highest BCUT2D eigenvalue weighted by atomic mass is 127. The summed E-state index contributed by atoms with van der Waals surface area (Å²) in [5.41, 5.74) is 0.726. The van der Waals surface area contributed by atoms with Gasteiger partial charge in [0.05, 0.1) is 11.6 Å². The number of hydrogen-bond acceptors (Lipinski definition) is 2. The molecule has 1 aliphatic rings. The third-order valence-electron chi connectivity index (χ3n) is 3.34. The van der Waals surface area contributed by atoms with Crippen molar-refractivity contribution in [3.8, 4) is 0 Å². The number of halogens is 2. The molecule has 2 atom stereocenters. The number of carbonyl (C=O) groups is 2. The number of hydrogen-bond donors (Lipinski definition) is 2. The van der Waals surface area contributed by atoms with Crippen molar-refractivity contribution in [2.75, 3.05) is 5.32 Å². The third kappa shape index (κ3) is 3.68. The summed E-state index contributed by atoms with van der Waals surface area (Å²) in [7, 11) is 0. The first-order valence-corrected chi connectivity index (χ1v) is 7.83. The molecule has 1 fully saturated rings. The molecule has 0 heterocycles. The van der Waals surface area contributed by atoms with Crippen molar-refractivity contribution in [1.29, 1.82) is 0 Å². The van der Waals surface area contributed by atoms with Crippen molar-refractivity contribution < 1.29 is 14.7 Å². The van der Waals surface area contributed by atoms with Gasteiger partial charge in [0.15, 0.2) is 0 Å². The summed E-state index contributed by atoms with van der Waals surface area (Å²) < 4.78 is 1.91. The van der Waals surface area contributed by atoms with Crippen molar-refractivity contribution in [2.24, 2.45) is 11.8 Å². The second-order valence-electron chi connectivity index (χ2n) is 4.66. The Kier molecular flexibility index (Phi) is 4.83. The predicted octanol–water partition coefficient (Wildman–Crippen LogP) is 3.49. The van der Waals surface area contributed by atoms with Crippen LogP contribution < -0.4 is 5.32 Å². The van der Waals surface area contributed by atoms with E-state index in [1.54, 1.807) is 0 Å². The average Bonchev–Trinajstić information content (AvgIpc) is 2.82. The standard InChI is InChI=1S/C13H13BrINO3/c14-10-6-9(15)3-4-11(10)16-12(17)7-1-2-8(5-7)13(18)19/h3-4,6-8H,1-2,5H2,(H,16,17)(H,18,19)/t7-,8+/m1/s1. The van der Waals surface area contributed by atoms with Crippen LogP contribution >= 0.6 is 38.5 Å². The maximum absolute atomic E-state index is 12.1. The number of aliphatic carboxylic acids is 1. The van der Waals surface area contributed by atoms with Gasteiger partial charge in [0.2, 0.25) is 5.91 Å². The van der Waals surface area contributed by atoms with Crippen LogP contribution in [-0.4, -0.2) is 17.0 Å². The molecular formula is C13H13BrINO3. The Morgan fingerprint density at radius 2 is 2.00 bits per heavy atom. The van der Waals surface area contributed by atoms with E-state index in [4.69, 9.17) is 5.11 Å². The van der Waals surface area contributed by atoms with E-state index < -0.39 is 5.97 Å². The van der Waals surface area contributed by atoms with Gasteiger partial charge in [-0.25, -0.2) is 0 Å². The number of amides is 1. The second kappa shape index (κ2) is 6.21. The number of rotatable bonds is 3. The molecule has 1 aliphatic carbocycles. The van der Waals surface area contributed by atoms with Crippen LogP contribution in [0.2, 0.25) is 0 Å². The summed E-state index contributed by atoms with van der Waals surface area (Å²) in [4.78, 5) is 23.0. The van der Waals surface area contributed by atoms with Gasteiger partial charge in [-0.15, -0.1) is 0 Å². The molecule has 0 unspecified atom stereocenters. The van der Waals surface area contributed by atoms with Crippen molar-refractivity contribution in [3.05, 3.63) is 26.2 Å². The molecule has 2 rings (SSSR count). The minimum Gasteiger partial charge on any atom is -0.481 e. The first-order valence-electron chi connectivity index (χ1n) is 5.96. The Morgan fingerprint density at radius 3 is 2.58 bits per heavy atom. The predicted molar refractivity (Wildman–Crippen MR) is 84.0 cm³/mol.